The lowest BCUT2D eigenvalue weighted by Gasteiger charge is -2.32. The van der Waals surface area contributed by atoms with Crippen LogP contribution < -0.4 is 4.74 Å². The molecule has 0 radical (unpaired) electrons. The Bertz CT molecular complexity index is 819. The fraction of sp³-hybridized carbons (Fsp3) is 0.500. The van der Waals surface area contributed by atoms with Gasteiger partial charge in [0.05, 0.1) is 13.7 Å². The van der Waals surface area contributed by atoms with Gasteiger partial charge in [0.2, 0.25) is 0 Å². The maximum Gasteiger partial charge on any atom is 0.167 e. The predicted octanol–water partition coefficient (Wildman–Crippen LogP) is 4.07. The summed E-state index contributed by atoms with van der Waals surface area (Å²) in [6.07, 6.45) is 4.82. The van der Waals surface area contributed by atoms with Crippen LogP contribution in [0.5, 0.6) is 5.75 Å². The van der Waals surface area contributed by atoms with Gasteiger partial charge >= 0.3 is 0 Å². The summed E-state index contributed by atoms with van der Waals surface area (Å²) in [6, 6.07) is 9.64. The lowest BCUT2D eigenvalue weighted by molar-refractivity contribution is 0.0815. The van der Waals surface area contributed by atoms with E-state index >= 15 is 0 Å². The normalized spacial score (nSPS) is 20.3. The third kappa shape index (κ3) is 4.29. The molecule has 27 heavy (non-hydrogen) atoms. The van der Waals surface area contributed by atoms with Gasteiger partial charge in [0.25, 0.3) is 0 Å². The molecule has 1 saturated carbocycles. The molecule has 1 atom stereocenters. The van der Waals surface area contributed by atoms with Crippen LogP contribution in [0.4, 0.5) is 0 Å². The number of halogens is 1. The molecule has 0 spiro atoms. The maximum atomic E-state index is 13.1. The van der Waals surface area contributed by atoms with Crippen LogP contribution in [0.3, 0.4) is 0 Å². The number of Topliss-reactive ketones (excluding diaryl/α,β-unsaturated/α-hetero) is 1. The first kappa shape index (κ1) is 20.1. The van der Waals surface area contributed by atoms with Crippen molar-refractivity contribution < 1.29 is 14.6 Å². The summed E-state index contributed by atoms with van der Waals surface area (Å²) in [5, 5.41) is 11.6. The first-order chi connectivity index (χ1) is 12.7. The molecule has 0 aromatic heterocycles. The summed E-state index contributed by atoms with van der Waals surface area (Å²) in [4.78, 5) is 15.6. The molecule has 1 heterocycles. The van der Waals surface area contributed by atoms with Crippen LogP contribution in [0, 0.1) is 11.8 Å². The summed E-state index contributed by atoms with van der Waals surface area (Å²) in [5.74, 6) is 1.92. The Kier molecular flexibility index (Phi) is 6.40. The van der Waals surface area contributed by atoms with E-state index in [0.717, 1.165) is 53.7 Å². The van der Waals surface area contributed by atoms with Crippen LogP contribution in [0.2, 0.25) is 0 Å². The molecule has 4 nitrogen and oxygen atoms in total. The molecule has 0 bridgehead atoms. The van der Waals surface area contributed by atoms with Crippen LogP contribution in [-0.4, -0.2) is 42.5 Å². The zero-order valence-electron chi connectivity index (χ0n) is 15.8. The highest BCUT2D eigenvalue weighted by Crippen LogP contribution is 2.33. The molecule has 1 aliphatic heterocycles. The number of hydrogen-bond acceptors (Lipinski definition) is 4. The largest absolute Gasteiger partial charge is 0.496 e. The minimum atomic E-state index is -0.0768. The number of benzene rings is 2. The number of likely N-dealkylation sites (tertiary alicyclic amines) is 1. The zero-order valence-corrected chi connectivity index (χ0v) is 16.6. The molecule has 5 heteroatoms. The molecular formula is C22H28ClNO3. The van der Waals surface area contributed by atoms with Crippen molar-refractivity contribution in [2.24, 2.45) is 11.8 Å². The molecule has 146 valence electrons. The van der Waals surface area contributed by atoms with Crippen molar-refractivity contribution in [3.05, 3.63) is 41.5 Å². The van der Waals surface area contributed by atoms with Gasteiger partial charge in [-0.05, 0) is 61.1 Å². The number of ether oxygens (including phenoxy) is 1. The summed E-state index contributed by atoms with van der Waals surface area (Å²) in [7, 11) is 1.61. The van der Waals surface area contributed by atoms with Crippen LogP contribution in [-0.2, 0) is 6.61 Å². The maximum absolute atomic E-state index is 13.1. The first-order valence-corrected chi connectivity index (χ1v) is 9.66. The van der Waals surface area contributed by atoms with Gasteiger partial charge in [-0.1, -0.05) is 18.2 Å². The second kappa shape index (κ2) is 8.59. The molecule has 1 N–H and O–H groups in total. The van der Waals surface area contributed by atoms with E-state index in [1.54, 1.807) is 7.11 Å². The van der Waals surface area contributed by atoms with E-state index in [9.17, 15) is 9.90 Å². The number of ketones is 1. The van der Waals surface area contributed by atoms with Crippen molar-refractivity contribution in [3.8, 4) is 5.75 Å². The Morgan fingerprint density at radius 3 is 2.74 bits per heavy atom. The number of fused-ring (bicyclic) bond motifs is 1. The third-order valence-electron chi connectivity index (χ3n) is 5.84. The molecule has 2 aromatic carbocycles. The molecular weight excluding hydrogens is 362 g/mol. The number of hydrogen-bond donors (Lipinski definition) is 1. The van der Waals surface area contributed by atoms with Crippen molar-refractivity contribution in [1.29, 1.82) is 0 Å². The standard InChI is InChI=1S/C22H27NO3.ClH/c1-26-21-9-7-16-11-17(6-8-19(16)20(21)14-24)22(25)18-3-2-10-23(13-18)12-15-4-5-15;/h6-9,11,15,18,24H,2-5,10,12-14H2,1H3;1H. The van der Waals surface area contributed by atoms with Gasteiger partial charge in [0.15, 0.2) is 5.78 Å². The average molecular weight is 390 g/mol. The summed E-state index contributed by atoms with van der Waals surface area (Å²) >= 11 is 0. The van der Waals surface area contributed by atoms with E-state index in [4.69, 9.17) is 4.74 Å². The fourth-order valence-corrected chi connectivity index (χ4v) is 4.22. The number of rotatable bonds is 6. The number of methoxy groups -OCH3 is 1. The average Bonchev–Trinajstić information content (AvgIpc) is 3.50. The molecule has 2 aromatic rings. The van der Waals surface area contributed by atoms with Gasteiger partial charge in [0.1, 0.15) is 5.75 Å². The van der Waals surface area contributed by atoms with Crippen LogP contribution in [0.25, 0.3) is 10.8 Å². The molecule has 2 aliphatic rings. The van der Waals surface area contributed by atoms with Crippen molar-refractivity contribution >= 4 is 29.0 Å². The molecule has 2 fully saturated rings. The number of aliphatic hydroxyl groups is 1. The van der Waals surface area contributed by atoms with Crippen LogP contribution in [0.1, 0.15) is 41.6 Å². The number of nitrogens with zero attached hydrogens (tertiary/aromatic N) is 1. The monoisotopic (exact) mass is 389 g/mol. The van der Waals surface area contributed by atoms with Crippen molar-refractivity contribution in [2.75, 3.05) is 26.7 Å². The van der Waals surface area contributed by atoms with E-state index in [2.05, 4.69) is 4.90 Å². The number of carbonyl (C=O) groups is 1. The predicted molar refractivity (Wildman–Crippen MR) is 110 cm³/mol. The van der Waals surface area contributed by atoms with Gasteiger partial charge in [-0.2, -0.15) is 0 Å². The Morgan fingerprint density at radius 2 is 2.04 bits per heavy atom. The van der Waals surface area contributed by atoms with Crippen molar-refractivity contribution in [1.82, 2.24) is 4.90 Å². The van der Waals surface area contributed by atoms with Gasteiger partial charge in [-0.15, -0.1) is 12.4 Å². The second-order valence-electron chi connectivity index (χ2n) is 7.75. The minimum absolute atomic E-state index is 0. The molecule has 0 amide bonds. The van der Waals surface area contributed by atoms with E-state index in [-0.39, 0.29) is 30.7 Å². The molecule has 4 rings (SSSR count). The van der Waals surface area contributed by atoms with E-state index in [1.165, 1.54) is 19.4 Å². The number of piperidine rings is 1. The van der Waals surface area contributed by atoms with E-state index in [1.807, 2.05) is 30.3 Å². The van der Waals surface area contributed by atoms with Crippen LogP contribution >= 0.6 is 12.4 Å². The summed E-state index contributed by atoms with van der Waals surface area (Å²) in [5.41, 5.74) is 1.56. The lowest BCUT2D eigenvalue weighted by Crippen LogP contribution is -2.39. The lowest BCUT2D eigenvalue weighted by atomic mass is 9.88. The Labute approximate surface area is 166 Å². The van der Waals surface area contributed by atoms with Gasteiger partial charge < -0.3 is 14.7 Å². The van der Waals surface area contributed by atoms with E-state index < -0.39 is 0 Å². The smallest absolute Gasteiger partial charge is 0.167 e. The number of aliphatic hydroxyl groups excluding tert-OH is 1. The molecule has 1 aliphatic carbocycles. The van der Waals surface area contributed by atoms with Crippen molar-refractivity contribution in [2.45, 2.75) is 32.3 Å². The molecule has 1 saturated heterocycles. The Hall–Kier alpha value is -1.62. The summed E-state index contributed by atoms with van der Waals surface area (Å²) in [6.45, 7) is 3.13. The van der Waals surface area contributed by atoms with Gasteiger partial charge in [-0.25, -0.2) is 0 Å². The van der Waals surface area contributed by atoms with Crippen molar-refractivity contribution in [3.63, 3.8) is 0 Å². The fourth-order valence-electron chi connectivity index (χ4n) is 4.22. The zero-order chi connectivity index (χ0) is 18.1. The highest BCUT2D eigenvalue weighted by atomic mass is 35.5. The Morgan fingerprint density at radius 1 is 1.22 bits per heavy atom. The quantitative estimate of drug-likeness (QED) is 0.756. The third-order valence-corrected chi connectivity index (χ3v) is 5.84. The highest BCUT2D eigenvalue weighted by molar-refractivity contribution is 6.02. The SMILES string of the molecule is COc1ccc2cc(C(=O)C3CCCN(CC4CC4)C3)ccc2c1CO.Cl. The van der Waals surface area contributed by atoms with Gasteiger partial charge in [-0.3, -0.25) is 4.79 Å². The molecule has 1 unspecified atom stereocenters. The summed E-state index contributed by atoms with van der Waals surface area (Å²) < 4.78 is 5.33. The minimum Gasteiger partial charge on any atom is -0.496 e. The number of carbonyl (C=O) groups excluding carboxylic acids is 1. The van der Waals surface area contributed by atoms with E-state index in [0.29, 0.717) is 5.75 Å². The Balaban J connectivity index is 0.00000210. The first-order valence-electron chi connectivity index (χ1n) is 9.66. The topological polar surface area (TPSA) is 49.8 Å². The second-order valence-corrected chi connectivity index (χ2v) is 7.75. The van der Waals surface area contributed by atoms with Gasteiger partial charge in [0, 0.05) is 30.1 Å². The van der Waals surface area contributed by atoms with Crippen LogP contribution in [0.15, 0.2) is 30.3 Å². The highest BCUT2D eigenvalue weighted by Gasteiger charge is 2.30.